The zero-order valence-electron chi connectivity index (χ0n) is 9.90. The number of carbonyl (C=O) groups is 2. The van der Waals surface area contributed by atoms with Gasteiger partial charge in [-0.15, -0.1) is 0 Å². The van der Waals surface area contributed by atoms with Crippen molar-refractivity contribution in [1.82, 2.24) is 4.90 Å². The summed E-state index contributed by atoms with van der Waals surface area (Å²) in [6, 6.07) is 0. The van der Waals surface area contributed by atoms with Gasteiger partial charge in [-0.1, -0.05) is 0 Å². The average Bonchev–Trinajstić information content (AvgIpc) is 2.30. The van der Waals surface area contributed by atoms with Crippen LogP contribution < -0.4 is 0 Å². The molecule has 0 bridgehead atoms. The molecule has 0 N–H and O–H groups in total. The molecule has 4 nitrogen and oxygen atoms in total. The summed E-state index contributed by atoms with van der Waals surface area (Å²) in [6.07, 6.45) is 3.64. The normalized spacial score (nSPS) is 20.6. The number of carbonyl (C=O) groups excluding carboxylic acids is 2. The van der Waals surface area contributed by atoms with Gasteiger partial charge in [-0.05, 0) is 26.0 Å². The second-order valence-corrected chi connectivity index (χ2v) is 4.73. The highest BCUT2D eigenvalue weighted by Gasteiger charge is 2.28. The molecule has 1 heterocycles. The van der Waals surface area contributed by atoms with E-state index in [1.54, 1.807) is 11.8 Å². The summed E-state index contributed by atoms with van der Waals surface area (Å²) in [5.41, 5.74) is 0. The summed E-state index contributed by atoms with van der Waals surface area (Å²) in [5.74, 6) is 0.334. The maximum atomic E-state index is 11.7. The minimum absolute atomic E-state index is 0.125. The Bertz CT molecular complexity index is 234. The molecule has 1 amide bonds. The van der Waals surface area contributed by atoms with Crippen molar-refractivity contribution in [3.63, 3.8) is 0 Å². The molecule has 16 heavy (non-hydrogen) atoms. The number of esters is 1. The molecule has 0 saturated carbocycles. The van der Waals surface area contributed by atoms with Crippen LogP contribution in [0.1, 0.15) is 19.8 Å². The van der Waals surface area contributed by atoms with Crippen LogP contribution >= 0.6 is 11.8 Å². The van der Waals surface area contributed by atoms with Crippen LogP contribution in [-0.2, 0) is 14.3 Å². The van der Waals surface area contributed by atoms with Gasteiger partial charge < -0.3 is 9.64 Å². The number of likely N-dealkylation sites (tertiary alicyclic amines) is 1. The third kappa shape index (κ3) is 3.70. The van der Waals surface area contributed by atoms with Gasteiger partial charge in [-0.2, -0.15) is 11.8 Å². The molecule has 92 valence electrons. The van der Waals surface area contributed by atoms with Gasteiger partial charge in [0.1, 0.15) is 0 Å². The van der Waals surface area contributed by atoms with Crippen LogP contribution in [0.3, 0.4) is 0 Å². The first-order valence-electron chi connectivity index (χ1n) is 5.62. The molecule has 0 aromatic rings. The van der Waals surface area contributed by atoms with Gasteiger partial charge >= 0.3 is 5.97 Å². The van der Waals surface area contributed by atoms with Crippen LogP contribution in [0.5, 0.6) is 0 Å². The SMILES string of the molecule is CCOC(=O)[C@@H]1CCCN(C(=O)CSC)C1. The van der Waals surface area contributed by atoms with Crippen molar-refractivity contribution in [3.8, 4) is 0 Å². The molecule has 1 saturated heterocycles. The Kier molecular flexibility index (Phi) is 5.66. The van der Waals surface area contributed by atoms with E-state index in [4.69, 9.17) is 4.74 Å². The van der Waals surface area contributed by atoms with Gasteiger partial charge in [-0.25, -0.2) is 0 Å². The summed E-state index contributed by atoms with van der Waals surface area (Å²) in [5, 5.41) is 0. The predicted molar refractivity (Wildman–Crippen MR) is 64.3 cm³/mol. The standard InChI is InChI=1S/C11H19NO3S/c1-3-15-11(14)9-5-4-6-12(7-9)10(13)8-16-2/h9H,3-8H2,1-2H3/t9-/m1/s1. The van der Waals surface area contributed by atoms with Crippen molar-refractivity contribution in [2.45, 2.75) is 19.8 Å². The van der Waals surface area contributed by atoms with Crippen LogP contribution in [0.15, 0.2) is 0 Å². The zero-order valence-corrected chi connectivity index (χ0v) is 10.7. The van der Waals surface area contributed by atoms with Crippen molar-refractivity contribution in [2.24, 2.45) is 5.92 Å². The van der Waals surface area contributed by atoms with Gasteiger partial charge in [0.25, 0.3) is 0 Å². The summed E-state index contributed by atoms with van der Waals surface area (Å²) < 4.78 is 4.99. The summed E-state index contributed by atoms with van der Waals surface area (Å²) in [4.78, 5) is 25.0. The Morgan fingerprint density at radius 1 is 1.50 bits per heavy atom. The fourth-order valence-corrected chi connectivity index (χ4v) is 2.30. The number of thioether (sulfide) groups is 1. The second-order valence-electron chi connectivity index (χ2n) is 3.86. The number of hydrogen-bond donors (Lipinski definition) is 0. The second kappa shape index (κ2) is 6.78. The highest BCUT2D eigenvalue weighted by molar-refractivity contribution is 7.99. The molecular formula is C11H19NO3S. The van der Waals surface area contributed by atoms with E-state index in [0.717, 1.165) is 19.4 Å². The molecule has 1 aliphatic heterocycles. The van der Waals surface area contributed by atoms with Crippen LogP contribution in [0, 0.1) is 5.92 Å². The Hall–Kier alpha value is -0.710. The van der Waals surface area contributed by atoms with E-state index >= 15 is 0 Å². The lowest BCUT2D eigenvalue weighted by Gasteiger charge is -2.31. The molecule has 0 unspecified atom stereocenters. The van der Waals surface area contributed by atoms with Gasteiger partial charge in [0.2, 0.25) is 5.91 Å². The third-order valence-corrected chi connectivity index (χ3v) is 3.20. The molecule has 0 aliphatic carbocycles. The van der Waals surface area contributed by atoms with Gasteiger partial charge in [-0.3, -0.25) is 9.59 Å². The zero-order chi connectivity index (χ0) is 12.0. The van der Waals surface area contributed by atoms with E-state index in [1.807, 2.05) is 6.26 Å². The number of rotatable bonds is 4. The monoisotopic (exact) mass is 245 g/mol. The van der Waals surface area contributed by atoms with E-state index in [9.17, 15) is 9.59 Å². The summed E-state index contributed by atoms with van der Waals surface area (Å²) >= 11 is 1.52. The summed E-state index contributed by atoms with van der Waals surface area (Å²) in [6.45, 7) is 3.51. The number of amides is 1. The van der Waals surface area contributed by atoms with Gasteiger partial charge in [0, 0.05) is 13.1 Å². The summed E-state index contributed by atoms with van der Waals surface area (Å²) in [7, 11) is 0. The fourth-order valence-electron chi connectivity index (χ4n) is 1.87. The topological polar surface area (TPSA) is 46.6 Å². The van der Waals surface area contributed by atoms with E-state index < -0.39 is 0 Å². The van der Waals surface area contributed by atoms with Gasteiger partial charge in [0.15, 0.2) is 0 Å². The molecule has 0 radical (unpaired) electrons. The molecule has 1 rings (SSSR count). The quantitative estimate of drug-likeness (QED) is 0.697. The number of piperidine rings is 1. The number of nitrogens with zero attached hydrogens (tertiary/aromatic N) is 1. The molecule has 0 aromatic heterocycles. The largest absolute Gasteiger partial charge is 0.466 e. The third-order valence-electron chi connectivity index (χ3n) is 2.66. The number of ether oxygens (including phenoxy) is 1. The highest BCUT2D eigenvalue weighted by atomic mass is 32.2. The van der Waals surface area contributed by atoms with E-state index in [1.165, 1.54) is 11.8 Å². The average molecular weight is 245 g/mol. The Balaban J connectivity index is 2.46. The molecule has 0 aromatic carbocycles. The predicted octanol–water partition coefficient (Wildman–Crippen LogP) is 1.15. The Morgan fingerprint density at radius 2 is 2.25 bits per heavy atom. The molecule has 1 aliphatic rings. The minimum Gasteiger partial charge on any atom is -0.466 e. The highest BCUT2D eigenvalue weighted by Crippen LogP contribution is 2.18. The van der Waals surface area contributed by atoms with E-state index in [2.05, 4.69) is 0 Å². The molecular weight excluding hydrogens is 226 g/mol. The van der Waals surface area contributed by atoms with Crippen molar-refractivity contribution in [3.05, 3.63) is 0 Å². The molecule has 1 fully saturated rings. The fraction of sp³-hybridized carbons (Fsp3) is 0.818. The van der Waals surface area contributed by atoms with Crippen molar-refractivity contribution in [2.75, 3.05) is 31.7 Å². The molecule has 5 heteroatoms. The van der Waals surface area contributed by atoms with Crippen molar-refractivity contribution in [1.29, 1.82) is 0 Å². The van der Waals surface area contributed by atoms with E-state index in [-0.39, 0.29) is 17.8 Å². The lowest BCUT2D eigenvalue weighted by Crippen LogP contribution is -2.43. The maximum Gasteiger partial charge on any atom is 0.310 e. The Morgan fingerprint density at radius 3 is 2.88 bits per heavy atom. The lowest BCUT2D eigenvalue weighted by molar-refractivity contribution is -0.151. The maximum absolute atomic E-state index is 11.7. The first-order valence-corrected chi connectivity index (χ1v) is 7.01. The van der Waals surface area contributed by atoms with Crippen molar-refractivity contribution >= 4 is 23.6 Å². The van der Waals surface area contributed by atoms with Gasteiger partial charge in [0.05, 0.1) is 18.3 Å². The van der Waals surface area contributed by atoms with E-state index in [0.29, 0.717) is 18.9 Å². The lowest BCUT2D eigenvalue weighted by atomic mass is 9.98. The van der Waals surface area contributed by atoms with Crippen molar-refractivity contribution < 1.29 is 14.3 Å². The smallest absolute Gasteiger partial charge is 0.310 e. The Labute approximate surface area is 101 Å². The number of hydrogen-bond acceptors (Lipinski definition) is 4. The first-order chi connectivity index (χ1) is 7.69. The minimum atomic E-state index is -0.163. The van der Waals surface area contributed by atoms with Crippen LogP contribution in [-0.4, -0.2) is 48.5 Å². The molecule has 1 atom stereocenters. The van der Waals surface area contributed by atoms with Crippen LogP contribution in [0.25, 0.3) is 0 Å². The molecule has 0 spiro atoms. The first kappa shape index (κ1) is 13.4. The van der Waals surface area contributed by atoms with Crippen LogP contribution in [0.2, 0.25) is 0 Å². The van der Waals surface area contributed by atoms with Crippen LogP contribution in [0.4, 0.5) is 0 Å².